The molecule has 5 nitrogen and oxygen atoms in total. The highest BCUT2D eigenvalue weighted by Gasteiger charge is 2.25. The Kier molecular flexibility index (Phi) is 4.14. The van der Waals surface area contributed by atoms with Crippen LogP contribution in [0, 0.1) is 0 Å². The minimum absolute atomic E-state index is 0.196. The third-order valence-corrected chi connectivity index (χ3v) is 3.64. The van der Waals surface area contributed by atoms with Gasteiger partial charge in [0.05, 0.1) is 25.0 Å². The van der Waals surface area contributed by atoms with Crippen molar-refractivity contribution in [1.82, 2.24) is 0 Å². The maximum atomic E-state index is 11.3. The molecule has 5 heteroatoms. The highest BCUT2D eigenvalue weighted by atomic mass is 16.5. The Bertz CT molecular complexity index is 456. The van der Waals surface area contributed by atoms with Crippen LogP contribution in [0.2, 0.25) is 0 Å². The fraction of sp³-hybridized carbons (Fsp3) is 0.500. The van der Waals surface area contributed by atoms with E-state index in [9.17, 15) is 4.79 Å². The van der Waals surface area contributed by atoms with E-state index in [0.717, 1.165) is 24.3 Å². The average Bonchev–Trinajstić information content (AvgIpc) is 2.90. The summed E-state index contributed by atoms with van der Waals surface area (Å²) in [4.78, 5) is 13.3. The minimum Gasteiger partial charge on any atom is -0.497 e. The number of carbonyl (C=O) groups is 1. The summed E-state index contributed by atoms with van der Waals surface area (Å²) in [7, 11) is 1.61. The zero-order valence-electron chi connectivity index (χ0n) is 11.3. The van der Waals surface area contributed by atoms with Gasteiger partial charge in [-0.2, -0.15) is 0 Å². The van der Waals surface area contributed by atoms with Crippen LogP contribution in [0.1, 0.15) is 25.7 Å². The SMILES string of the molecule is COc1ccc(N)c(N(CC(N)=O)C2CCCC2)c1. The summed E-state index contributed by atoms with van der Waals surface area (Å²) < 4.78 is 5.23. The van der Waals surface area contributed by atoms with Crippen LogP contribution in [0.5, 0.6) is 5.75 Å². The van der Waals surface area contributed by atoms with Gasteiger partial charge >= 0.3 is 0 Å². The van der Waals surface area contributed by atoms with Crippen molar-refractivity contribution < 1.29 is 9.53 Å². The number of nitrogens with two attached hydrogens (primary N) is 2. The molecule has 4 N–H and O–H groups in total. The molecule has 0 spiro atoms. The van der Waals surface area contributed by atoms with Crippen LogP contribution < -0.4 is 21.1 Å². The second-order valence-electron chi connectivity index (χ2n) is 4.96. The lowest BCUT2D eigenvalue weighted by Gasteiger charge is -2.31. The van der Waals surface area contributed by atoms with Crippen molar-refractivity contribution in [2.24, 2.45) is 5.73 Å². The number of primary amides is 1. The summed E-state index contributed by atoms with van der Waals surface area (Å²) in [6.07, 6.45) is 4.52. The number of nitrogens with zero attached hydrogens (tertiary/aromatic N) is 1. The predicted octanol–water partition coefficient (Wildman–Crippen LogP) is 1.51. The topological polar surface area (TPSA) is 81.6 Å². The van der Waals surface area contributed by atoms with Gasteiger partial charge < -0.3 is 21.1 Å². The van der Waals surface area contributed by atoms with Gasteiger partial charge in [-0.05, 0) is 25.0 Å². The van der Waals surface area contributed by atoms with Gasteiger partial charge in [-0.3, -0.25) is 4.79 Å². The van der Waals surface area contributed by atoms with Crippen LogP contribution in [0.4, 0.5) is 11.4 Å². The van der Waals surface area contributed by atoms with E-state index in [1.165, 1.54) is 12.8 Å². The highest BCUT2D eigenvalue weighted by Crippen LogP contribution is 2.33. The monoisotopic (exact) mass is 263 g/mol. The molecule has 1 aliphatic rings. The lowest BCUT2D eigenvalue weighted by molar-refractivity contribution is -0.116. The number of hydrogen-bond acceptors (Lipinski definition) is 4. The first-order valence-electron chi connectivity index (χ1n) is 6.60. The number of carbonyl (C=O) groups excluding carboxylic acids is 1. The normalized spacial score (nSPS) is 15.4. The first-order valence-corrected chi connectivity index (χ1v) is 6.60. The molecular formula is C14H21N3O2. The summed E-state index contributed by atoms with van der Waals surface area (Å²) >= 11 is 0. The summed E-state index contributed by atoms with van der Waals surface area (Å²) in [5, 5.41) is 0. The summed E-state index contributed by atoms with van der Waals surface area (Å²) in [5.74, 6) is 0.394. The van der Waals surface area contributed by atoms with Gasteiger partial charge in [0, 0.05) is 12.1 Å². The van der Waals surface area contributed by atoms with Crippen molar-refractivity contribution >= 4 is 17.3 Å². The number of benzene rings is 1. The quantitative estimate of drug-likeness (QED) is 0.789. The van der Waals surface area contributed by atoms with Gasteiger partial charge in [0.25, 0.3) is 0 Å². The Morgan fingerprint density at radius 3 is 2.68 bits per heavy atom. The Morgan fingerprint density at radius 2 is 2.11 bits per heavy atom. The number of amides is 1. The van der Waals surface area contributed by atoms with Crippen molar-refractivity contribution in [2.75, 3.05) is 24.3 Å². The molecule has 0 saturated heterocycles. The van der Waals surface area contributed by atoms with Gasteiger partial charge in [-0.15, -0.1) is 0 Å². The number of nitrogen functional groups attached to an aromatic ring is 1. The number of hydrogen-bond donors (Lipinski definition) is 2. The number of rotatable bonds is 5. The summed E-state index contributed by atoms with van der Waals surface area (Å²) in [5.41, 5.74) is 12.9. The average molecular weight is 263 g/mol. The van der Waals surface area contributed by atoms with Crippen molar-refractivity contribution in [3.63, 3.8) is 0 Å². The van der Waals surface area contributed by atoms with E-state index >= 15 is 0 Å². The molecule has 0 unspecified atom stereocenters. The van der Waals surface area contributed by atoms with E-state index in [1.54, 1.807) is 13.2 Å². The molecule has 1 amide bonds. The molecule has 0 aliphatic heterocycles. The second kappa shape index (κ2) is 5.82. The van der Waals surface area contributed by atoms with E-state index in [1.807, 2.05) is 17.0 Å². The third-order valence-electron chi connectivity index (χ3n) is 3.64. The molecule has 1 saturated carbocycles. The molecule has 1 aromatic carbocycles. The molecule has 1 aromatic rings. The molecule has 1 fully saturated rings. The van der Waals surface area contributed by atoms with Crippen LogP contribution in [0.3, 0.4) is 0 Å². The Labute approximate surface area is 113 Å². The van der Waals surface area contributed by atoms with Crippen molar-refractivity contribution in [3.05, 3.63) is 18.2 Å². The van der Waals surface area contributed by atoms with Gasteiger partial charge in [0.1, 0.15) is 5.75 Å². The largest absolute Gasteiger partial charge is 0.497 e. The Hall–Kier alpha value is -1.91. The molecule has 104 valence electrons. The van der Waals surface area contributed by atoms with E-state index in [-0.39, 0.29) is 12.5 Å². The van der Waals surface area contributed by atoms with Gasteiger partial charge in [-0.1, -0.05) is 12.8 Å². The lowest BCUT2D eigenvalue weighted by Crippen LogP contribution is -2.40. The molecule has 0 aromatic heterocycles. The fourth-order valence-electron chi connectivity index (χ4n) is 2.69. The zero-order valence-corrected chi connectivity index (χ0v) is 11.3. The number of anilines is 2. The Balaban J connectivity index is 2.33. The molecule has 0 heterocycles. The minimum atomic E-state index is -0.339. The Morgan fingerprint density at radius 1 is 1.42 bits per heavy atom. The molecule has 0 atom stereocenters. The van der Waals surface area contributed by atoms with Gasteiger partial charge in [0.15, 0.2) is 0 Å². The first kappa shape index (κ1) is 13.5. The van der Waals surface area contributed by atoms with E-state index in [4.69, 9.17) is 16.2 Å². The van der Waals surface area contributed by atoms with Crippen molar-refractivity contribution in [1.29, 1.82) is 0 Å². The third kappa shape index (κ3) is 3.10. The summed E-state index contributed by atoms with van der Waals surface area (Å²) in [6.45, 7) is 0.196. The maximum absolute atomic E-state index is 11.3. The maximum Gasteiger partial charge on any atom is 0.236 e. The van der Waals surface area contributed by atoms with Crippen molar-refractivity contribution in [2.45, 2.75) is 31.7 Å². The highest BCUT2D eigenvalue weighted by molar-refractivity contribution is 5.82. The first-order chi connectivity index (χ1) is 9.11. The number of ether oxygens (including phenoxy) is 1. The van der Waals surface area contributed by atoms with E-state index in [0.29, 0.717) is 11.7 Å². The molecule has 2 rings (SSSR count). The van der Waals surface area contributed by atoms with Crippen LogP contribution in [0.25, 0.3) is 0 Å². The molecule has 0 radical (unpaired) electrons. The van der Waals surface area contributed by atoms with Gasteiger partial charge in [0.2, 0.25) is 5.91 Å². The van der Waals surface area contributed by atoms with E-state index in [2.05, 4.69) is 0 Å². The van der Waals surface area contributed by atoms with Crippen LogP contribution in [0.15, 0.2) is 18.2 Å². The lowest BCUT2D eigenvalue weighted by atomic mass is 10.1. The van der Waals surface area contributed by atoms with Crippen LogP contribution in [-0.2, 0) is 4.79 Å². The zero-order chi connectivity index (χ0) is 13.8. The second-order valence-corrected chi connectivity index (χ2v) is 4.96. The van der Waals surface area contributed by atoms with Crippen molar-refractivity contribution in [3.8, 4) is 5.75 Å². The van der Waals surface area contributed by atoms with Gasteiger partial charge in [-0.25, -0.2) is 0 Å². The van der Waals surface area contributed by atoms with Crippen LogP contribution in [-0.4, -0.2) is 25.6 Å². The smallest absolute Gasteiger partial charge is 0.236 e. The predicted molar refractivity (Wildman–Crippen MR) is 76.2 cm³/mol. The molecule has 1 aliphatic carbocycles. The molecular weight excluding hydrogens is 242 g/mol. The van der Waals surface area contributed by atoms with Crippen LogP contribution >= 0.6 is 0 Å². The molecule has 19 heavy (non-hydrogen) atoms. The summed E-state index contributed by atoms with van der Waals surface area (Å²) in [6, 6.07) is 5.82. The molecule has 0 bridgehead atoms. The van der Waals surface area contributed by atoms with E-state index < -0.39 is 0 Å². The fourth-order valence-corrected chi connectivity index (χ4v) is 2.69. The standard InChI is InChI=1S/C14H21N3O2/c1-19-11-6-7-12(15)13(8-11)17(9-14(16)18)10-4-2-3-5-10/h6-8,10H,2-5,9,15H2,1H3,(H2,16,18). The number of methoxy groups -OCH3 is 1.